The number of amides is 2. The van der Waals surface area contributed by atoms with E-state index in [9.17, 15) is 19.2 Å². The second-order valence-corrected chi connectivity index (χ2v) is 7.64. The molecule has 0 bridgehead atoms. The lowest BCUT2D eigenvalue weighted by atomic mass is 10.3. The van der Waals surface area contributed by atoms with Crippen molar-refractivity contribution in [1.82, 2.24) is 30.7 Å². The molecule has 2 amide bonds. The highest BCUT2D eigenvalue weighted by molar-refractivity contribution is 5.96. The molecule has 38 heavy (non-hydrogen) atoms. The molecule has 2 aromatic heterocycles. The number of hydrogen-bond acceptors (Lipinski definition) is 10. The molecule has 0 aliphatic heterocycles. The number of guanidine groups is 2. The van der Waals surface area contributed by atoms with Gasteiger partial charge in [-0.15, -0.1) is 0 Å². The second-order valence-electron chi connectivity index (χ2n) is 7.64. The fraction of sp³-hybridized carbons (Fsp3) is 0.333. The number of hydrogen-bond donors (Lipinski definition) is 4. The Morgan fingerprint density at radius 1 is 0.737 bits per heavy atom. The minimum atomic E-state index is -0.876. The fourth-order valence-corrected chi connectivity index (χ4v) is 2.70. The van der Waals surface area contributed by atoms with Crippen molar-refractivity contribution < 1.29 is 28.9 Å². The molecule has 4 N–H and O–H groups in total. The van der Waals surface area contributed by atoms with E-state index in [2.05, 4.69) is 20.6 Å². The largest absolute Gasteiger partial charge is 0.338 e. The van der Waals surface area contributed by atoms with Gasteiger partial charge in [-0.2, -0.15) is 10.1 Å². The van der Waals surface area contributed by atoms with Crippen LogP contribution in [0, 0.1) is 10.8 Å². The first-order valence-electron chi connectivity index (χ1n) is 11.7. The Labute approximate surface area is 219 Å². The average Bonchev–Trinajstić information content (AvgIpc) is 2.92. The first kappa shape index (κ1) is 29.4. The van der Waals surface area contributed by atoms with E-state index in [1.165, 1.54) is 12.4 Å². The molecule has 14 nitrogen and oxygen atoms in total. The molecule has 0 aliphatic rings. The number of carbonyl (C=O) groups excluding carboxylic acids is 4. The van der Waals surface area contributed by atoms with Gasteiger partial charge in [0.1, 0.15) is 13.1 Å². The van der Waals surface area contributed by atoms with Gasteiger partial charge in [0, 0.05) is 25.2 Å². The van der Waals surface area contributed by atoms with Crippen molar-refractivity contribution in [3.63, 3.8) is 0 Å². The van der Waals surface area contributed by atoms with Gasteiger partial charge in [-0.3, -0.25) is 41.0 Å². The maximum absolute atomic E-state index is 12.5. The van der Waals surface area contributed by atoms with Crippen molar-refractivity contribution in [2.45, 2.75) is 52.6 Å². The van der Waals surface area contributed by atoms with Gasteiger partial charge in [0.05, 0.1) is 24.2 Å². The van der Waals surface area contributed by atoms with Gasteiger partial charge in [0.2, 0.25) is 23.7 Å². The van der Waals surface area contributed by atoms with Crippen LogP contribution in [0.4, 0.5) is 0 Å². The summed E-state index contributed by atoms with van der Waals surface area (Å²) in [5, 5.41) is 22.5. The summed E-state index contributed by atoms with van der Waals surface area (Å²) in [7, 11) is 0. The van der Waals surface area contributed by atoms with Gasteiger partial charge in [0.25, 0.3) is 0 Å². The van der Waals surface area contributed by atoms with E-state index in [-0.39, 0.29) is 25.9 Å². The standard InChI is InChI=1S/C24H30N8O6/c1-3-19(33)29-23(25)31(15-17-9-5-7-13-27-17)37-21(35)11-12-22(36)38-32(24(26)30-20(34)4-2)16-18-10-6-8-14-28-18/h5-10,13-14H,3-4,11-12,15-16H2,1-2H3,(H2,25,29,33)(H2,26,30,34). The SMILES string of the molecule is CCC(=O)NC(=N)N(Cc1ccccn1)OC(=O)CCC(=O)ON(Cc1ccccn1)C(=N)NC(=O)CC. The molecular formula is C24H30N8O6. The Morgan fingerprint density at radius 2 is 1.13 bits per heavy atom. The Hall–Kier alpha value is -4.88. The Morgan fingerprint density at radius 3 is 1.45 bits per heavy atom. The third-order valence-electron chi connectivity index (χ3n) is 4.68. The summed E-state index contributed by atoms with van der Waals surface area (Å²) in [6.07, 6.45) is 2.41. The lowest BCUT2D eigenvalue weighted by Crippen LogP contribution is -2.44. The number of carbonyl (C=O) groups is 4. The highest BCUT2D eigenvalue weighted by atomic mass is 16.7. The van der Waals surface area contributed by atoms with Gasteiger partial charge in [-0.25, -0.2) is 9.59 Å². The minimum absolute atomic E-state index is 0.113. The molecule has 0 saturated heterocycles. The van der Waals surface area contributed by atoms with Gasteiger partial charge >= 0.3 is 11.9 Å². The summed E-state index contributed by atoms with van der Waals surface area (Å²) in [5.41, 5.74) is 0.931. The molecule has 2 rings (SSSR count). The molecule has 202 valence electrons. The van der Waals surface area contributed by atoms with Crippen LogP contribution >= 0.6 is 0 Å². The van der Waals surface area contributed by atoms with E-state index in [1.807, 2.05) is 0 Å². The van der Waals surface area contributed by atoms with E-state index >= 15 is 0 Å². The highest BCUT2D eigenvalue weighted by Crippen LogP contribution is 2.08. The molecular weight excluding hydrogens is 496 g/mol. The monoisotopic (exact) mass is 526 g/mol. The third-order valence-corrected chi connectivity index (χ3v) is 4.68. The molecule has 0 saturated carbocycles. The molecule has 14 heteroatoms. The van der Waals surface area contributed by atoms with Gasteiger partial charge < -0.3 is 9.68 Å². The van der Waals surface area contributed by atoms with E-state index in [0.29, 0.717) is 11.4 Å². The van der Waals surface area contributed by atoms with Gasteiger partial charge in [0.15, 0.2) is 0 Å². The zero-order valence-corrected chi connectivity index (χ0v) is 21.1. The molecule has 0 fully saturated rings. The number of nitrogens with one attached hydrogen (secondary N) is 4. The lowest BCUT2D eigenvalue weighted by molar-refractivity contribution is -0.183. The predicted octanol–water partition coefficient (Wildman–Crippen LogP) is 1.40. The van der Waals surface area contributed by atoms with Crippen molar-refractivity contribution in [1.29, 1.82) is 10.8 Å². The van der Waals surface area contributed by atoms with Crippen LogP contribution < -0.4 is 10.6 Å². The van der Waals surface area contributed by atoms with Crippen molar-refractivity contribution in [2.24, 2.45) is 0 Å². The number of nitrogens with zero attached hydrogens (tertiary/aromatic N) is 4. The lowest BCUT2D eigenvalue weighted by Gasteiger charge is -2.24. The summed E-state index contributed by atoms with van der Waals surface area (Å²) < 4.78 is 0. The van der Waals surface area contributed by atoms with Crippen LogP contribution in [0.2, 0.25) is 0 Å². The third kappa shape index (κ3) is 10.4. The van der Waals surface area contributed by atoms with Crippen LogP contribution in [-0.4, -0.2) is 55.8 Å². The maximum Gasteiger partial charge on any atom is 0.333 e. The fourth-order valence-electron chi connectivity index (χ4n) is 2.70. The first-order valence-corrected chi connectivity index (χ1v) is 11.7. The zero-order valence-electron chi connectivity index (χ0n) is 21.1. The number of rotatable bonds is 9. The molecule has 2 heterocycles. The summed E-state index contributed by atoms with van der Waals surface area (Å²) >= 11 is 0. The summed E-state index contributed by atoms with van der Waals surface area (Å²) in [6, 6.07) is 10.1. The summed E-state index contributed by atoms with van der Waals surface area (Å²) in [5.74, 6) is -3.60. The summed E-state index contributed by atoms with van der Waals surface area (Å²) in [6.45, 7) is 2.97. The molecule has 0 unspecified atom stereocenters. The van der Waals surface area contributed by atoms with Crippen LogP contribution in [0.5, 0.6) is 0 Å². The number of hydroxylamine groups is 4. The van der Waals surface area contributed by atoms with E-state index in [0.717, 1.165) is 10.1 Å². The topological polar surface area (TPSA) is 191 Å². The molecule has 0 aliphatic carbocycles. The van der Waals surface area contributed by atoms with Gasteiger partial charge in [-0.05, 0) is 24.3 Å². The quantitative estimate of drug-likeness (QED) is 0.211. The Bertz CT molecular complexity index is 1040. The summed E-state index contributed by atoms with van der Waals surface area (Å²) in [4.78, 5) is 67.0. The van der Waals surface area contributed by atoms with Crippen molar-refractivity contribution >= 4 is 35.7 Å². The number of pyridine rings is 2. The van der Waals surface area contributed by atoms with Crippen molar-refractivity contribution in [2.75, 3.05) is 0 Å². The normalized spacial score (nSPS) is 10.1. The maximum atomic E-state index is 12.5. The molecule has 2 aromatic rings. The Balaban J connectivity index is 2.00. The van der Waals surface area contributed by atoms with Crippen molar-refractivity contribution in [3.8, 4) is 0 Å². The molecule has 0 spiro atoms. The van der Waals surface area contributed by atoms with Crippen LogP contribution in [0.15, 0.2) is 48.8 Å². The molecule has 0 atom stereocenters. The van der Waals surface area contributed by atoms with E-state index in [1.54, 1.807) is 50.2 Å². The predicted molar refractivity (Wildman–Crippen MR) is 133 cm³/mol. The van der Waals surface area contributed by atoms with Crippen LogP contribution in [0.1, 0.15) is 50.9 Å². The zero-order chi connectivity index (χ0) is 27.9. The van der Waals surface area contributed by atoms with Crippen molar-refractivity contribution in [3.05, 3.63) is 60.2 Å². The van der Waals surface area contributed by atoms with Gasteiger partial charge in [-0.1, -0.05) is 26.0 Å². The second kappa shape index (κ2) is 15.3. The van der Waals surface area contributed by atoms with Crippen LogP contribution in [0.25, 0.3) is 0 Å². The molecule has 0 aromatic carbocycles. The van der Waals surface area contributed by atoms with E-state index in [4.69, 9.17) is 20.5 Å². The average molecular weight is 527 g/mol. The Kier molecular flexibility index (Phi) is 11.8. The first-order chi connectivity index (χ1) is 18.2. The van der Waals surface area contributed by atoms with Crippen LogP contribution in [0.3, 0.4) is 0 Å². The highest BCUT2D eigenvalue weighted by Gasteiger charge is 2.22. The minimum Gasteiger partial charge on any atom is -0.338 e. The smallest absolute Gasteiger partial charge is 0.333 e. The van der Waals surface area contributed by atoms with Crippen LogP contribution in [-0.2, 0) is 41.9 Å². The number of aromatic nitrogens is 2. The molecule has 0 radical (unpaired) electrons. The van der Waals surface area contributed by atoms with E-state index < -0.39 is 48.5 Å².